The third-order valence-corrected chi connectivity index (χ3v) is 11.2. The Balaban J connectivity index is 1.14. The number of hydrogen-bond donors (Lipinski definition) is 0. The molecule has 0 aliphatic carbocycles. The van der Waals surface area contributed by atoms with Crippen molar-refractivity contribution in [1.29, 1.82) is 0 Å². The summed E-state index contributed by atoms with van der Waals surface area (Å²) < 4.78 is 15.3. The minimum Gasteiger partial charge on any atom is -0.456 e. The number of hydrogen-bond acceptors (Lipinski definition) is 4. The molecule has 0 saturated heterocycles. The van der Waals surface area contributed by atoms with Crippen LogP contribution in [0.25, 0.3) is 116 Å². The van der Waals surface area contributed by atoms with Crippen molar-refractivity contribution in [1.82, 2.24) is 14.5 Å². The van der Waals surface area contributed by atoms with Crippen molar-refractivity contribution in [2.75, 3.05) is 0 Å². The third-order valence-electron chi connectivity index (χ3n) is 11.2. The summed E-state index contributed by atoms with van der Waals surface area (Å²) in [6.45, 7) is 0. The second-order valence-electron chi connectivity index (χ2n) is 14.5. The van der Waals surface area contributed by atoms with Gasteiger partial charge in [0.2, 0.25) is 0 Å². The highest BCUT2D eigenvalue weighted by Crippen LogP contribution is 2.44. The molecule has 4 heterocycles. The van der Waals surface area contributed by atoms with Gasteiger partial charge in [0, 0.05) is 60.3 Å². The van der Waals surface area contributed by atoms with E-state index >= 15 is 0 Å². The van der Waals surface area contributed by atoms with Gasteiger partial charge in [-0.25, -0.2) is 9.97 Å². The monoisotopic (exact) mass is 729 g/mol. The van der Waals surface area contributed by atoms with Crippen LogP contribution in [0, 0.1) is 0 Å². The van der Waals surface area contributed by atoms with Crippen LogP contribution in [0.3, 0.4) is 0 Å². The molecule has 0 radical (unpaired) electrons. The summed E-state index contributed by atoms with van der Waals surface area (Å²) in [5.74, 6) is 0.692. The molecular weight excluding hydrogens is 699 g/mol. The zero-order valence-corrected chi connectivity index (χ0v) is 30.6. The molecule has 4 aromatic heterocycles. The molecule has 0 bridgehead atoms. The average Bonchev–Trinajstić information content (AvgIpc) is 3.96. The lowest BCUT2D eigenvalue weighted by Crippen LogP contribution is -1.97. The molecule has 5 nitrogen and oxygen atoms in total. The zero-order valence-electron chi connectivity index (χ0n) is 30.6. The fourth-order valence-corrected chi connectivity index (χ4v) is 8.62. The van der Waals surface area contributed by atoms with E-state index in [9.17, 15) is 0 Å². The van der Waals surface area contributed by atoms with Gasteiger partial charge < -0.3 is 13.4 Å². The maximum atomic E-state index is 6.69. The van der Waals surface area contributed by atoms with Crippen molar-refractivity contribution in [3.8, 4) is 50.7 Å². The zero-order chi connectivity index (χ0) is 37.5. The van der Waals surface area contributed by atoms with Crippen LogP contribution in [0.5, 0.6) is 0 Å². The molecule has 0 N–H and O–H groups in total. The van der Waals surface area contributed by atoms with Crippen LogP contribution in [0.2, 0.25) is 0 Å². The Bertz CT molecular complexity index is 3460. The van der Waals surface area contributed by atoms with Crippen LogP contribution in [0.1, 0.15) is 0 Å². The van der Waals surface area contributed by atoms with E-state index in [0.29, 0.717) is 5.82 Å². The minimum absolute atomic E-state index is 0.692. The van der Waals surface area contributed by atoms with Gasteiger partial charge in [0.05, 0.1) is 22.4 Å². The topological polar surface area (TPSA) is 57.0 Å². The smallest absolute Gasteiger partial charge is 0.160 e. The Morgan fingerprint density at radius 3 is 1.81 bits per heavy atom. The summed E-state index contributed by atoms with van der Waals surface area (Å²) in [6, 6.07) is 65.5. The fraction of sp³-hybridized carbons (Fsp3) is 0. The van der Waals surface area contributed by atoms with Crippen LogP contribution < -0.4 is 0 Å². The summed E-state index contributed by atoms with van der Waals surface area (Å²) in [6.07, 6.45) is 0. The summed E-state index contributed by atoms with van der Waals surface area (Å²) >= 11 is 0. The minimum atomic E-state index is 0.692. The number of fused-ring (bicyclic) bond motifs is 9. The van der Waals surface area contributed by atoms with E-state index in [1.54, 1.807) is 0 Å². The number of furan rings is 2. The van der Waals surface area contributed by atoms with E-state index in [2.05, 4.69) is 144 Å². The van der Waals surface area contributed by atoms with Crippen molar-refractivity contribution >= 4 is 65.7 Å². The first-order valence-electron chi connectivity index (χ1n) is 19.1. The maximum absolute atomic E-state index is 6.69. The first-order chi connectivity index (χ1) is 28.2. The summed E-state index contributed by atoms with van der Waals surface area (Å²) in [7, 11) is 0. The number of nitrogens with zero attached hydrogens (tertiary/aromatic N) is 3. The van der Waals surface area contributed by atoms with Gasteiger partial charge in [0.15, 0.2) is 5.82 Å². The summed E-state index contributed by atoms with van der Waals surface area (Å²) in [5.41, 5.74) is 13.6. The highest BCUT2D eigenvalue weighted by Gasteiger charge is 2.22. The Morgan fingerprint density at radius 1 is 0.368 bits per heavy atom. The van der Waals surface area contributed by atoms with E-state index in [-0.39, 0.29) is 0 Å². The van der Waals surface area contributed by atoms with Gasteiger partial charge in [-0.2, -0.15) is 0 Å². The first-order valence-corrected chi connectivity index (χ1v) is 19.1. The number of para-hydroxylation sites is 3. The second-order valence-corrected chi connectivity index (χ2v) is 14.5. The summed E-state index contributed by atoms with van der Waals surface area (Å²) in [5, 5.41) is 6.60. The lowest BCUT2D eigenvalue weighted by atomic mass is 9.99. The summed E-state index contributed by atoms with van der Waals surface area (Å²) in [4.78, 5) is 10.3. The standard InChI is InChI=1S/C52H31N3O2/c1-3-14-32(15-4-1)43-31-44(54-52(53-43)33-16-5-2-6-17-33)38-21-13-23-46-50(38)39-20-7-10-22-45(39)55(46)35-29-40(51-42(30-35)37-19-9-12-25-48(37)57-51)34-26-27-49-41(28-34)36-18-8-11-24-47(36)56-49/h1-31H. The molecule has 0 fully saturated rings. The van der Waals surface area contributed by atoms with E-state index in [1.807, 2.05) is 48.5 Å². The molecule has 0 atom stereocenters. The van der Waals surface area contributed by atoms with E-state index in [1.165, 1.54) is 0 Å². The molecule has 12 rings (SSSR count). The van der Waals surface area contributed by atoms with Gasteiger partial charge in [-0.15, -0.1) is 0 Å². The molecule has 5 heteroatoms. The quantitative estimate of drug-likeness (QED) is 0.177. The van der Waals surface area contributed by atoms with E-state index < -0.39 is 0 Å². The maximum Gasteiger partial charge on any atom is 0.160 e. The molecule has 0 amide bonds. The van der Waals surface area contributed by atoms with Gasteiger partial charge in [-0.05, 0) is 60.2 Å². The number of benzene rings is 8. The van der Waals surface area contributed by atoms with Gasteiger partial charge in [0.25, 0.3) is 0 Å². The molecule has 0 unspecified atom stereocenters. The lowest BCUT2D eigenvalue weighted by Gasteiger charge is -2.13. The van der Waals surface area contributed by atoms with Crippen LogP contribution in [0.4, 0.5) is 0 Å². The predicted molar refractivity (Wildman–Crippen MR) is 233 cm³/mol. The van der Waals surface area contributed by atoms with Gasteiger partial charge in [-0.1, -0.05) is 133 Å². The van der Waals surface area contributed by atoms with Crippen LogP contribution in [-0.4, -0.2) is 14.5 Å². The van der Waals surface area contributed by atoms with Crippen molar-refractivity contribution in [3.05, 3.63) is 188 Å². The molecule has 0 spiro atoms. The predicted octanol–water partition coefficient (Wildman–Crippen LogP) is 14.0. The highest BCUT2D eigenvalue weighted by molar-refractivity contribution is 6.17. The van der Waals surface area contributed by atoms with Crippen LogP contribution in [0.15, 0.2) is 197 Å². The van der Waals surface area contributed by atoms with E-state index in [0.717, 1.165) is 111 Å². The van der Waals surface area contributed by atoms with Crippen LogP contribution in [-0.2, 0) is 0 Å². The van der Waals surface area contributed by atoms with Crippen molar-refractivity contribution in [2.24, 2.45) is 0 Å². The molecule has 12 aromatic rings. The molecule has 8 aromatic carbocycles. The fourth-order valence-electron chi connectivity index (χ4n) is 8.62. The molecule has 57 heavy (non-hydrogen) atoms. The number of rotatable bonds is 5. The highest BCUT2D eigenvalue weighted by atomic mass is 16.3. The first kappa shape index (κ1) is 31.6. The third kappa shape index (κ3) is 4.96. The SMILES string of the molecule is c1ccc(-c2cc(-c3cccc4c3c3ccccc3n4-c3cc(-c4ccc5oc6ccccc6c5c4)c4oc5ccccc5c4c3)nc(-c3ccccc3)n2)cc1. The average molecular weight is 730 g/mol. The Kier molecular flexibility index (Phi) is 6.86. The molecule has 266 valence electrons. The molecule has 0 aliphatic rings. The second kappa shape index (κ2) is 12.4. The Hall–Kier alpha value is -7.76. The van der Waals surface area contributed by atoms with E-state index in [4.69, 9.17) is 18.8 Å². The number of aromatic nitrogens is 3. The largest absolute Gasteiger partial charge is 0.456 e. The molecule has 0 aliphatic heterocycles. The van der Waals surface area contributed by atoms with Crippen molar-refractivity contribution in [2.45, 2.75) is 0 Å². The van der Waals surface area contributed by atoms with Crippen molar-refractivity contribution < 1.29 is 8.83 Å². The molecule has 0 saturated carbocycles. The van der Waals surface area contributed by atoms with Gasteiger partial charge in [-0.3, -0.25) is 0 Å². The van der Waals surface area contributed by atoms with Gasteiger partial charge >= 0.3 is 0 Å². The molecular formula is C52H31N3O2. The van der Waals surface area contributed by atoms with Crippen LogP contribution >= 0.6 is 0 Å². The Labute approximate surface area is 326 Å². The normalized spacial score (nSPS) is 11.9. The van der Waals surface area contributed by atoms with Gasteiger partial charge in [0.1, 0.15) is 22.3 Å². The Morgan fingerprint density at radius 2 is 1.00 bits per heavy atom. The van der Waals surface area contributed by atoms with Crippen molar-refractivity contribution in [3.63, 3.8) is 0 Å². The lowest BCUT2D eigenvalue weighted by molar-refractivity contribution is 0.668.